The van der Waals surface area contributed by atoms with E-state index in [4.69, 9.17) is 4.74 Å². The van der Waals surface area contributed by atoms with Gasteiger partial charge in [0.05, 0.1) is 5.54 Å². The van der Waals surface area contributed by atoms with Crippen LogP contribution in [0.2, 0.25) is 0 Å². The quantitative estimate of drug-likeness (QED) is 0.722. The smallest absolute Gasteiger partial charge is 0.411 e. The molecule has 0 aromatic rings. The zero-order valence-corrected chi connectivity index (χ0v) is 12.1. The van der Waals surface area contributed by atoms with Gasteiger partial charge in [0.25, 0.3) is 0 Å². The van der Waals surface area contributed by atoms with Gasteiger partial charge in [-0.25, -0.2) is 4.79 Å². The van der Waals surface area contributed by atoms with Crippen molar-refractivity contribution in [2.75, 3.05) is 13.1 Å². The van der Waals surface area contributed by atoms with Crippen molar-refractivity contribution >= 4 is 6.09 Å². The Kier molecular flexibility index (Phi) is 3.58. The monoisotopic (exact) mass is 254 g/mol. The summed E-state index contributed by atoms with van der Waals surface area (Å²) in [6.45, 7) is 9.90. The summed E-state index contributed by atoms with van der Waals surface area (Å²) in [5.74, 6) is 0. The Morgan fingerprint density at radius 1 is 1.39 bits per heavy atom. The van der Waals surface area contributed by atoms with Gasteiger partial charge in [0.1, 0.15) is 5.60 Å². The first-order valence-electron chi connectivity index (χ1n) is 7.07. The molecule has 4 heteroatoms. The van der Waals surface area contributed by atoms with E-state index in [9.17, 15) is 4.79 Å². The predicted octanol–water partition coefficient (Wildman–Crippen LogP) is 2.53. The van der Waals surface area contributed by atoms with Gasteiger partial charge in [-0.15, -0.1) is 0 Å². The van der Waals surface area contributed by atoms with E-state index in [1.807, 2.05) is 25.7 Å². The third kappa shape index (κ3) is 2.63. The second-order valence-corrected chi connectivity index (χ2v) is 6.74. The Hall–Kier alpha value is -0.770. The molecule has 104 valence electrons. The molecule has 4 nitrogen and oxygen atoms in total. The first kappa shape index (κ1) is 13.7. The van der Waals surface area contributed by atoms with Crippen molar-refractivity contribution in [2.45, 2.75) is 70.6 Å². The minimum atomic E-state index is -0.414. The van der Waals surface area contributed by atoms with Crippen LogP contribution in [0.1, 0.15) is 53.4 Å². The lowest BCUT2D eigenvalue weighted by Gasteiger charge is -2.43. The van der Waals surface area contributed by atoms with Gasteiger partial charge < -0.3 is 10.1 Å². The average molecular weight is 254 g/mol. The summed E-state index contributed by atoms with van der Waals surface area (Å²) in [5.41, 5.74) is -0.414. The molecule has 0 aliphatic carbocycles. The molecule has 0 aromatic heterocycles. The molecule has 1 amide bonds. The topological polar surface area (TPSA) is 41.6 Å². The van der Waals surface area contributed by atoms with E-state index in [1.165, 1.54) is 0 Å². The Balaban J connectivity index is 2.14. The van der Waals surface area contributed by atoms with Crippen molar-refractivity contribution in [3.8, 4) is 0 Å². The minimum absolute atomic E-state index is 0.000000000000000222. The lowest BCUT2D eigenvalue weighted by molar-refractivity contribution is -0.00542. The summed E-state index contributed by atoms with van der Waals surface area (Å²) in [7, 11) is 0. The van der Waals surface area contributed by atoms with Crippen LogP contribution in [0.25, 0.3) is 0 Å². The predicted molar refractivity (Wildman–Crippen MR) is 71.6 cm³/mol. The fourth-order valence-corrected chi connectivity index (χ4v) is 3.25. The first-order chi connectivity index (χ1) is 8.34. The molecular weight excluding hydrogens is 228 g/mol. The molecule has 0 aromatic carbocycles. The van der Waals surface area contributed by atoms with Crippen molar-refractivity contribution in [1.29, 1.82) is 0 Å². The summed E-state index contributed by atoms with van der Waals surface area (Å²) in [6, 6.07) is 0.291. The SMILES string of the molecule is CC1CCC2(CCCNC2)N1C(=O)OC(C)(C)C. The summed E-state index contributed by atoms with van der Waals surface area (Å²) in [6.07, 6.45) is 4.29. The van der Waals surface area contributed by atoms with Gasteiger partial charge in [-0.2, -0.15) is 0 Å². The molecule has 0 saturated carbocycles. The van der Waals surface area contributed by atoms with Gasteiger partial charge in [0.2, 0.25) is 0 Å². The molecule has 2 rings (SSSR count). The maximum Gasteiger partial charge on any atom is 0.411 e. The molecule has 18 heavy (non-hydrogen) atoms. The fraction of sp³-hybridized carbons (Fsp3) is 0.929. The number of ether oxygens (including phenoxy) is 1. The maximum absolute atomic E-state index is 12.4. The number of carbonyl (C=O) groups excluding carboxylic acids is 1. The van der Waals surface area contributed by atoms with E-state index in [2.05, 4.69) is 12.2 Å². The summed E-state index contributed by atoms with van der Waals surface area (Å²) >= 11 is 0. The third-order valence-electron chi connectivity index (χ3n) is 4.02. The molecular formula is C14H26N2O2. The average Bonchev–Trinajstić information content (AvgIpc) is 2.54. The lowest BCUT2D eigenvalue weighted by atomic mass is 9.88. The van der Waals surface area contributed by atoms with E-state index in [0.717, 1.165) is 38.8 Å². The second-order valence-electron chi connectivity index (χ2n) is 6.74. The number of nitrogens with zero attached hydrogens (tertiary/aromatic N) is 1. The van der Waals surface area contributed by atoms with Gasteiger partial charge in [0.15, 0.2) is 0 Å². The van der Waals surface area contributed by atoms with Gasteiger partial charge in [0, 0.05) is 12.6 Å². The minimum Gasteiger partial charge on any atom is -0.444 e. The lowest BCUT2D eigenvalue weighted by Crippen LogP contribution is -2.58. The van der Waals surface area contributed by atoms with Crippen LogP contribution < -0.4 is 5.32 Å². The van der Waals surface area contributed by atoms with E-state index in [1.54, 1.807) is 0 Å². The maximum atomic E-state index is 12.4. The highest BCUT2D eigenvalue weighted by molar-refractivity contribution is 5.70. The number of likely N-dealkylation sites (tertiary alicyclic amines) is 1. The van der Waals surface area contributed by atoms with Crippen LogP contribution in [-0.2, 0) is 4.74 Å². The van der Waals surface area contributed by atoms with Crippen LogP contribution in [0.4, 0.5) is 4.79 Å². The van der Waals surface area contributed by atoms with Gasteiger partial charge in [-0.1, -0.05) is 0 Å². The Morgan fingerprint density at radius 2 is 2.11 bits per heavy atom. The highest BCUT2D eigenvalue weighted by Gasteiger charge is 2.48. The van der Waals surface area contributed by atoms with Crippen molar-refractivity contribution in [2.24, 2.45) is 0 Å². The number of hydrogen-bond acceptors (Lipinski definition) is 3. The molecule has 2 aliphatic heterocycles. The Labute approximate surface area is 110 Å². The number of amides is 1. The van der Waals surface area contributed by atoms with Crippen LogP contribution in [0.5, 0.6) is 0 Å². The Morgan fingerprint density at radius 3 is 2.67 bits per heavy atom. The second kappa shape index (κ2) is 4.72. The molecule has 2 aliphatic rings. The van der Waals surface area contributed by atoms with Gasteiger partial charge >= 0.3 is 6.09 Å². The first-order valence-corrected chi connectivity index (χ1v) is 7.07. The molecule has 2 fully saturated rings. The van der Waals surface area contributed by atoms with E-state index >= 15 is 0 Å². The van der Waals surface area contributed by atoms with Gasteiger partial charge in [-0.3, -0.25) is 4.90 Å². The number of nitrogens with one attached hydrogen (secondary N) is 1. The van der Waals surface area contributed by atoms with E-state index in [-0.39, 0.29) is 11.6 Å². The number of carbonyl (C=O) groups is 1. The molecule has 1 N–H and O–H groups in total. The highest BCUT2D eigenvalue weighted by atomic mass is 16.6. The van der Waals surface area contributed by atoms with Crippen LogP contribution in [0, 0.1) is 0 Å². The van der Waals surface area contributed by atoms with Gasteiger partial charge in [-0.05, 0) is 59.9 Å². The molecule has 1 spiro atoms. The molecule has 2 atom stereocenters. The third-order valence-corrected chi connectivity index (χ3v) is 4.02. The van der Waals surface area contributed by atoms with Crippen LogP contribution in [-0.4, -0.2) is 41.3 Å². The fourth-order valence-electron chi connectivity index (χ4n) is 3.25. The standard InChI is InChI=1S/C14H26N2O2/c1-11-6-8-14(7-5-9-15-10-14)16(11)12(17)18-13(2,3)4/h11,15H,5-10H2,1-4H3. The van der Waals surface area contributed by atoms with E-state index < -0.39 is 5.60 Å². The van der Waals surface area contributed by atoms with Crippen molar-refractivity contribution in [3.05, 3.63) is 0 Å². The van der Waals surface area contributed by atoms with Crippen molar-refractivity contribution < 1.29 is 9.53 Å². The van der Waals surface area contributed by atoms with Crippen LogP contribution in [0.15, 0.2) is 0 Å². The van der Waals surface area contributed by atoms with Crippen molar-refractivity contribution in [3.63, 3.8) is 0 Å². The number of rotatable bonds is 0. The Bertz CT molecular complexity index is 311. The molecule has 2 saturated heterocycles. The molecule has 0 radical (unpaired) electrons. The summed E-state index contributed by atoms with van der Waals surface area (Å²) < 4.78 is 5.58. The highest BCUT2D eigenvalue weighted by Crippen LogP contribution is 2.39. The van der Waals surface area contributed by atoms with Crippen molar-refractivity contribution in [1.82, 2.24) is 10.2 Å². The number of hydrogen-bond donors (Lipinski definition) is 1. The van der Waals surface area contributed by atoms with E-state index in [0.29, 0.717) is 6.04 Å². The molecule has 2 heterocycles. The summed E-state index contributed by atoms with van der Waals surface area (Å²) in [4.78, 5) is 14.4. The van der Waals surface area contributed by atoms with Crippen LogP contribution in [0.3, 0.4) is 0 Å². The largest absolute Gasteiger partial charge is 0.444 e. The zero-order chi connectivity index (χ0) is 13.4. The summed E-state index contributed by atoms with van der Waals surface area (Å²) in [5, 5.41) is 3.44. The molecule has 0 bridgehead atoms. The normalized spacial score (nSPS) is 32.9. The number of piperidine rings is 1. The van der Waals surface area contributed by atoms with Crippen LogP contribution >= 0.6 is 0 Å². The molecule has 2 unspecified atom stereocenters. The zero-order valence-electron chi connectivity index (χ0n) is 12.1.